The van der Waals surface area contributed by atoms with Gasteiger partial charge in [0.1, 0.15) is 0 Å². The average molecular weight is 570 g/mol. The largest absolute Gasteiger partial charge is 0.369 e. The predicted octanol–water partition coefficient (Wildman–Crippen LogP) is 6.35. The minimum absolute atomic E-state index is 0.0532. The highest BCUT2D eigenvalue weighted by molar-refractivity contribution is 5.94. The number of aromatic nitrogens is 5. The molecule has 2 aromatic carbocycles. The van der Waals surface area contributed by atoms with Gasteiger partial charge >= 0.3 is 0 Å². The number of nitrogens with zero attached hydrogens (tertiary/aromatic N) is 5. The van der Waals surface area contributed by atoms with Crippen LogP contribution in [0.2, 0.25) is 0 Å². The lowest BCUT2D eigenvalue weighted by Crippen LogP contribution is -2.27. The second-order valence-corrected chi connectivity index (χ2v) is 11.5. The number of hydrogen-bond acceptors (Lipinski definition) is 5. The highest BCUT2D eigenvalue weighted by Crippen LogP contribution is 2.18. The zero-order valence-electron chi connectivity index (χ0n) is 25.6. The second-order valence-electron chi connectivity index (χ2n) is 11.5. The molecule has 2 heterocycles. The van der Waals surface area contributed by atoms with Gasteiger partial charge in [-0.05, 0) is 73.3 Å². The fourth-order valence-electron chi connectivity index (χ4n) is 5.14. The van der Waals surface area contributed by atoms with Gasteiger partial charge in [-0.2, -0.15) is 0 Å². The molecule has 0 fully saturated rings. The smallest absolute Gasteiger partial charge is 0.251 e. The molecule has 42 heavy (non-hydrogen) atoms. The molecular weight excluding hydrogens is 522 g/mol. The zero-order valence-corrected chi connectivity index (χ0v) is 25.6. The summed E-state index contributed by atoms with van der Waals surface area (Å²) in [4.78, 5) is 16.9. The highest BCUT2D eigenvalue weighted by atomic mass is 16.1. The first-order valence-corrected chi connectivity index (χ1v) is 15.6. The maximum absolute atomic E-state index is 12.5. The number of imidazole rings is 1. The molecule has 0 saturated heterocycles. The monoisotopic (exact) mass is 569 g/mol. The Morgan fingerprint density at radius 3 is 2.36 bits per heavy atom. The fourth-order valence-corrected chi connectivity index (χ4v) is 5.14. The van der Waals surface area contributed by atoms with E-state index in [1.54, 1.807) is 0 Å². The minimum atomic E-state index is -0.0532. The van der Waals surface area contributed by atoms with Crippen molar-refractivity contribution in [1.82, 2.24) is 29.9 Å². The first kappa shape index (κ1) is 31.0. The van der Waals surface area contributed by atoms with Crippen LogP contribution < -0.4 is 11.1 Å². The summed E-state index contributed by atoms with van der Waals surface area (Å²) in [5.41, 5.74) is 12.9. The van der Waals surface area contributed by atoms with Gasteiger partial charge in [-0.3, -0.25) is 9.48 Å². The lowest BCUT2D eigenvalue weighted by molar-refractivity contribution is 0.0952. The van der Waals surface area contributed by atoms with Gasteiger partial charge in [0.25, 0.3) is 5.91 Å². The maximum Gasteiger partial charge on any atom is 0.251 e. The Morgan fingerprint density at radius 2 is 1.62 bits per heavy atom. The summed E-state index contributed by atoms with van der Waals surface area (Å²) >= 11 is 0. The van der Waals surface area contributed by atoms with Crippen molar-refractivity contribution in [3.8, 4) is 0 Å². The van der Waals surface area contributed by atoms with E-state index in [4.69, 9.17) is 5.73 Å². The fraction of sp³-hybridized carbons (Fsp3) is 0.471. The van der Waals surface area contributed by atoms with E-state index in [1.165, 1.54) is 41.6 Å². The summed E-state index contributed by atoms with van der Waals surface area (Å²) in [7, 11) is 0. The summed E-state index contributed by atoms with van der Waals surface area (Å²) in [6, 6.07) is 16.7. The van der Waals surface area contributed by atoms with E-state index in [2.05, 4.69) is 82.3 Å². The molecule has 3 N–H and O–H groups in total. The minimum Gasteiger partial charge on any atom is -0.369 e. The van der Waals surface area contributed by atoms with E-state index >= 15 is 0 Å². The van der Waals surface area contributed by atoms with Crippen molar-refractivity contribution in [3.05, 3.63) is 94.6 Å². The molecule has 0 aliphatic rings. The predicted molar refractivity (Wildman–Crippen MR) is 170 cm³/mol. The molecule has 8 heteroatoms. The van der Waals surface area contributed by atoms with Crippen LogP contribution in [0.25, 0.3) is 0 Å². The van der Waals surface area contributed by atoms with Gasteiger partial charge < -0.3 is 15.6 Å². The number of nitrogen functional groups attached to an aromatic ring is 1. The van der Waals surface area contributed by atoms with Gasteiger partial charge in [0, 0.05) is 24.0 Å². The molecular formula is C34H47N7O. The van der Waals surface area contributed by atoms with E-state index in [0.717, 1.165) is 50.8 Å². The molecule has 0 spiro atoms. The summed E-state index contributed by atoms with van der Waals surface area (Å²) < 4.78 is 3.93. The van der Waals surface area contributed by atoms with Crippen LogP contribution in [0.4, 0.5) is 5.95 Å². The molecule has 2 aromatic heterocycles. The number of unbranched alkanes of at least 4 members (excludes halogenated alkanes) is 4. The van der Waals surface area contributed by atoms with Gasteiger partial charge in [0.2, 0.25) is 5.95 Å². The molecule has 0 unspecified atom stereocenters. The molecule has 4 aromatic rings. The number of benzene rings is 2. The Morgan fingerprint density at radius 1 is 0.905 bits per heavy atom. The van der Waals surface area contributed by atoms with Crippen molar-refractivity contribution in [2.75, 3.05) is 12.3 Å². The Hall–Kier alpha value is -3.94. The molecule has 0 atom stereocenters. The molecule has 0 radical (unpaired) electrons. The van der Waals surface area contributed by atoms with Crippen LogP contribution in [0.1, 0.15) is 104 Å². The molecule has 8 nitrogen and oxygen atoms in total. The van der Waals surface area contributed by atoms with E-state index in [9.17, 15) is 4.79 Å². The first-order chi connectivity index (χ1) is 20.4. The van der Waals surface area contributed by atoms with Crippen LogP contribution in [-0.2, 0) is 32.4 Å². The molecule has 224 valence electrons. The van der Waals surface area contributed by atoms with Crippen LogP contribution in [-0.4, -0.2) is 37.0 Å². The highest BCUT2D eigenvalue weighted by Gasteiger charge is 2.10. The number of carbonyl (C=O) groups excluding carboxylic acids is 1. The quantitative estimate of drug-likeness (QED) is 0.144. The van der Waals surface area contributed by atoms with Gasteiger partial charge in [-0.25, -0.2) is 4.98 Å². The van der Waals surface area contributed by atoms with E-state index in [-0.39, 0.29) is 5.91 Å². The molecule has 0 aliphatic heterocycles. The topological polar surface area (TPSA) is 104 Å². The number of amides is 1. The number of rotatable bonds is 17. The number of hydrogen-bond donors (Lipinski definition) is 2. The van der Waals surface area contributed by atoms with Crippen molar-refractivity contribution < 1.29 is 4.79 Å². The SMILES string of the molecule is CCCCCc1ccc(C(=O)NCCn2cc(CCCCCc3cnc(N)n3Cc3ccc(C(C)C)cc3)nn2)cc1. The third kappa shape index (κ3) is 9.29. The van der Waals surface area contributed by atoms with E-state index < -0.39 is 0 Å². The van der Waals surface area contributed by atoms with Crippen LogP contribution in [0, 0.1) is 0 Å². The normalized spacial score (nSPS) is 11.3. The number of aryl methyl sites for hydroxylation is 3. The van der Waals surface area contributed by atoms with Crippen LogP contribution >= 0.6 is 0 Å². The average Bonchev–Trinajstić information content (AvgIpc) is 3.59. The number of carbonyl (C=O) groups is 1. The standard InChI is InChI=1S/C34H47N7O/c1-4-5-7-10-27-13-19-30(20-14-27)33(42)36-21-22-40-25-31(38-39-40)11-8-6-9-12-32-23-37-34(35)41(32)24-28-15-17-29(18-16-28)26(2)3/h13-20,23,25-26H,4-12,21-22,24H2,1-3H3,(H2,35,37)(H,36,42). The van der Waals surface area contributed by atoms with Crippen LogP contribution in [0.15, 0.2) is 60.9 Å². The van der Waals surface area contributed by atoms with Gasteiger partial charge in [-0.1, -0.05) is 81.6 Å². The van der Waals surface area contributed by atoms with E-state index in [1.807, 2.05) is 29.2 Å². The lowest BCUT2D eigenvalue weighted by atomic mass is 10.0. The van der Waals surface area contributed by atoms with E-state index in [0.29, 0.717) is 30.5 Å². The zero-order chi connectivity index (χ0) is 29.7. The summed E-state index contributed by atoms with van der Waals surface area (Å²) in [6.45, 7) is 8.48. The first-order valence-electron chi connectivity index (χ1n) is 15.6. The summed E-state index contributed by atoms with van der Waals surface area (Å²) in [6.07, 6.45) is 13.7. The van der Waals surface area contributed by atoms with Crippen molar-refractivity contribution in [2.45, 2.75) is 97.6 Å². The lowest BCUT2D eigenvalue weighted by Gasteiger charge is -2.11. The van der Waals surface area contributed by atoms with Gasteiger partial charge in [0.15, 0.2) is 0 Å². The molecule has 0 aliphatic carbocycles. The number of anilines is 1. The van der Waals surface area contributed by atoms with Gasteiger partial charge in [0.05, 0.1) is 25.0 Å². The van der Waals surface area contributed by atoms with Crippen molar-refractivity contribution in [1.29, 1.82) is 0 Å². The van der Waals surface area contributed by atoms with Gasteiger partial charge in [-0.15, -0.1) is 5.10 Å². The Labute approximate surface area is 250 Å². The number of nitrogens with one attached hydrogen (secondary N) is 1. The van der Waals surface area contributed by atoms with Crippen LogP contribution in [0.5, 0.6) is 0 Å². The Kier molecular flexibility index (Phi) is 11.7. The second kappa shape index (κ2) is 15.9. The number of nitrogens with two attached hydrogens (primary N) is 1. The Balaban J connectivity index is 1.13. The third-order valence-electron chi connectivity index (χ3n) is 7.82. The molecule has 1 amide bonds. The molecule has 4 rings (SSSR count). The Bertz CT molecular complexity index is 1370. The van der Waals surface area contributed by atoms with Crippen molar-refractivity contribution in [2.24, 2.45) is 0 Å². The molecule has 0 bridgehead atoms. The summed E-state index contributed by atoms with van der Waals surface area (Å²) in [5, 5.41) is 11.5. The summed E-state index contributed by atoms with van der Waals surface area (Å²) in [5.74, 6) is 1.04. The third-order valence-corrected chi connectivity index (χ3v) is 7.82. The van der Waals surface area contributed by atoms with Crippen LogP contribution in [0.3, 0.4) is 0 Å². The molecule has 0 saturated carbocycles. The maximum atomic E-state index is 12.5. The van der Waals surface area contributed by atoms with Crippen molar-refractivity contribution in [3.63, 3.8) is 0 Å². The van der Waals surface area contributed by atoms with Crippen molar-refractivity contribution >= 4 is 11.9 Å².